The van der Waals surface area contributed by atoms with Gasteiger partial charge in [0.05, 0.1) is 0 Å². The van der Waals surface area contributed by atoms with Crippen molar-refractivity contribution in [1.29, 1.82) is 0 Å². The van der Waals surface area contributed by atoms with Gasteiger partial charge in [-0.25, -0.2) is 0 Å². The maximum absolute atomic E-state index is 9.67. The zero-order chi connectivity index (χ0) is 16.7. The second-order valence-corrected chi connectivity index (χ2v) is 7.51. The molecule has 0 aromatic carbocycles. The van der Waals surface area contributed by atoms with Crippen molar-refractivity contribution in [3.05, 3.63) is 0 Å². The van der Waals surface area contributed by atoms with E-state index in [1.165, 1.54) is 89.9 Å². The molecule has 0 spiro atoms. The van der Waals surface area contributed by atoms with Crippen LogP contribution in [0.2, 0.25) is 0 Å². The highest BCUT2D eigenvalue weighted by Gasteiger charge is 2.21. The molecule has 0 fully saturated rings. The highest BCUT2D eigenvalue weighted by atomic mass is 16.3. The van der Waals surface area contributed by atoms with Crippen molar-refractivity contribution in [1.82, 2.24) is 0 Å². The molecule has 0 bridgehead atoms. The van der Waals surface area contributed by atoms with Gasteiger partial charge in [-0.15, -0.1) is 0 Å². The Kier molecular flexibility index (Phi) is 14.5. The van der Waals surface area contributed by atoms with Crippen LogP contribution in [0.1, 0.15) is 117 Å². The third-order valence-electron chi connectivity index (χ3n) is 4.99. The second kappa shape index (κ2) is 14.5. The van der Waals surface area contributed by atoms with Crippen molar-refractivity contribution >= 4 is 0 Å². The van der Waals surface area contributed by atoms with Crippen LogP contribution in [0.15, 0.2) is 0 Å². The Morgan fingerprint density at radius 2 is 1.05 bits per heavy atom. The number of unbranched alkanes of at least 4 members (excludes halogenated alkanes) is 13. The quantitative estimate of drug-likeness (QED) is 0.265. The predicted octanol–water partition coefficient (Wildman–Crippen LogP) is 6.16. The van der Waals surface area contributed by atoms with Crippen molar-refractivity contribution < 1.29 is 5.11 Å². The van der Waals surface area contributed by atoms with Gasteiger partial charge >= 0.3 is 0 Å². The lowest BCUT2D eigenvalue weighted by atomic mass is 9.93. The molecule has 2 heteroatoms. The number of nitrogens with two attached hydrogens (primary N) is 1. The van der Waals surface area contributed by atoms with Crippen LogP contribution in [0.3, 0.4) is 0 Å². The first-order valence-corrected chi connectivity index (χ1v) is 9.99. The van der Waals surface area contributed by atoms with Crippen LogP contribution in [-0.4, -0.2) is 10.8 Å². The van der Waals surface area contributed by atoms with Gasteiger partial charge < -0.3 is 10.8 Å². The molecule has 0 amide bonds. The lowest BCUT2D eigenvalue weighted by Crippen LogP contribution is -2.42. The topological polar surface area (TPSA) is 46.2 Å². The standard InChI is InChI=1S/C20H43NO/c1-4-5-6-7-8-9-10-11-12-13-14-15-16-17-18-19(2)20(3,21)22/h19,22H,4-18,21H2,1-3H3. The van der Waals surface area contributed by atoms with Crippen LogP contribution in [0.25, 0.3) is 0 Å². The summed E-state index contributed by atoms with van der Waals surface area (Å²) in [5.41, 5.74) is 4.69. The molecular formula is C20H43NO. The average molecular weight is 314 g/mol. The number of hydrogen-bond donors (Lipinski definition) is 2. The fourth-order valence-electron chi connectivity index (χ4n) is 2.94. The molecule has 0 heterocycles. The van der Waals surface area contributed by atoms with E-state index < -0.39 is 5.72 Å². The largest absolute Gasteiger partial charge is 0.376 e. The third kappa shape index (κ3) is 14.8. The summed E-state index contributed by atoms with van der Waals surface area (Å²) in [6.45, 7) is 6.03. The van der Waals surface area contributed by atoms with Gasteiger partial charge in [0.15, 0.2) is 0 Å². The molecule has 0 aliphatic heterocycles. The van der Waals surface area contributed by atoms with E-state index in [0.29, 0.717) is 0 Å². The minimum atomic E-state index is -1.00. The molecule has 0 aromatic heterocycles. The summed E-state index contributed by atoms with van der Waals surface area (Å²) in [5, 5.41) is 9.67. The van der Waals surface area contributed by atoms with Crippen molar-refractivity contribution in [2.75, 3.05) is 0 Å². The van der Waals surface area contributed by atoms with Crippen LogP contribution >= 0.6 is 0 Å². The molecule has 0 saturated carbocycles. The number of rotatable bonds is 16. The van der Waals surface area contributed by atoms with E-state index in [-0.39, 0.29) is 5.92 Å². The van der Waals surface area contributed by atoms with Crippen molar-refractivity contribution in [2.45, 2.75) is 123 Å². The van der Waals surface area contributed by atoms with E-state index in [9.17, 15) is 5.11 Å². The fraction of sp³-hybridized carbons (Fsp3) is 1.00. The van der Waals surface area contributed by atoms with Gasteiger partial charge in [0, 0.05) is 0 Å². The van der Waals surface area contributed by atoms with E-state index in [4.69, 9.17) is 5.73 Å². The monoisotopic (exact) mass is 313 g/mol. The molecule has 3 N–H and O–H groups in total. The Bertz CT molecular complexity index is 222. The van der Waals surface area contributed by atoms with Crippen molar-refractivity contribution in [2.24, 2.45) is 11.7 Å². The number of aliphatic hydroxyl groups is 1. The zero-order valence-corrected chi connectivity index (χ0v) is 15.7. The smallest absolute Gasteiger partial charge is 0.113 e. The van der Waals surface area contributed by atoms with Gasteiger partial charge in [-0.1, -0.05) is 104 Å². The van der Waals surface area contributed by atoms with Gasteiger partial charge in [-0.3, -0.25) is 0 Å². The van der Waals surface area contributed by atoms with E-state index in [1.807, 2.05) is 6.92 Å². The lowest BCUT2D eigenvalue weighted by Gasteiger charge is -2.25. The Morgan fingerprint density at radius 3 is 1.36 bits per heavy atom. The van der Waals surface area contributed by atoms with Gasteiger partial charge in [-0.05, 0) is 19.3 Å². The fourth-order valence-corrected chi connectivity index (χ4v) is 2.94. The Hall–Kier alpha value is -0.0800. The van der Waals surface area contributed by atoms with Crippen LogP contribution < -0.4 is 5.73 Å². The normalized spacial score (nSPS) is 15.7. The molecule has 0 aromatic rings. The Balaban J connectivity index is 3.12. The molecule has 0 radical (unpaired) electrons. The summed E-state index contributed by atoms with van der Waals surface area (Å²) in [6.07, 6.45) is 20.5. The Labute approximate surface area is 140 Å². The summed E-state index contributed by atoms with van der Waals surface area (Å²) in [5.74, 6) is 0.199. The Morgan fingerprint density at radius 1 is 0.727 bits per heavy atom. The molecule has 0 aliphatic carbocycles. The maximum Gasteiger partial charge on any atom is 0.113 e. The van der Waals surface area contributed by atoms with E-state index in [0.717, 1.165) is 6.42 Å². The molecule has 2 atom stereocenters. The van der Waals surface area contributed by atoms with E-state index in [2.05, 4.69) is 6.92 Å². The van der Waals surface area contributed by atoms with Crippen LogP contribution in [0, 0.1) is 5.92 Å². The first-order valence-electron chi connectivity index (χ1n) is 9.99. The molecule has 0 rings (SSSR count). The summed E-state index contributed by atoms with van der Waals surface area (Å²) in [7, 11) is 0. The molecular weight excluding hydrogens is 270 g/mol. The maximum atomic E-state index is 9.67. The van der Waals surface area contributed by atoms with E-state index >= 15 is 0 Å². The molecule has 0 saturated heterocycles. The van der Waals surface area contributed by atoms with Crippen molar-refractivity contribution in [3.8, 4) is 0 Å². The lowest BCUT2D eigenvalue weighted by molar-refractivity contribution is 0.00810. The van der Waals surface area contributed by atoms with Crippen LogP contribution in [0.5, 0.6) is 0 Å². The van der Waals surface area contributed by atoms with Crippen LogP contribution in [0.4, 0.5) is 0 Å². The summed E-state index contributed by atoms with van der Waals surface area (Å²) in [4.78, 5) is 0. The van der Waals surface area contributed by atoms with Crippen molar-refractivity contribution in [3.63, 3.8) is 0 Å². The van der Waals surface area contributed by atoms with Gasteiger partial charge in [-0.2, -0.15) is 0 Å². The molecule has 22 heavy (non-hydrogen) atoms. The predicted molar refractivity (Wildman–Crippen MR) is 98.9 cm³/mol. The highest BCUT2D eigenvalue weighted by Crippen LogP contribution is 2.19. The van der Waals surface area contributed by atoms with Gasteiger partial charge in [0.1, 0.15) is 5.72 Å². The number of hydrogen-bond acceptors (Lipinski definition) is 2. The molecule has 134 valence electrons. The van der Waals surface area contributed by atoms with Crippen LogP contribution in [-0.2, 0) is 0 Å². The SMILES string of the molecule is CCCCCCCCCCCCCCCCC(C)C(C)(N)O. The highest BCUT2D eigenvalue weighted by molar-refractivity contribution is 4.71. The molecule has 0 aliphatic rings. The van der Waals surface area contributed by atoms with Gasteiger partial charge in [0.25, 0.3) is 0 Å². The zero-order valence-electron chi connectivity index (χ0n) is 15.7. The second-order valence-electron chi connectivity index (χ2n) is 7.51. The first-order chi connectivity index (χ1) is 10.5. The minimum absolute atomic E-state index is 0.199. The summed E-state index contributed by atoms with van der Waals surface area (Å²) in [6, 6.07) is 0. The third-order valence-corrected chi connectivity index (χ3v) is 4.99. The molecule has 2 unspecified atom stereocenters. The first kappa shape index (κ1) is 21.9. The minimum Gasteiger partial charge on any atom is -0.376 e. The molecule has 2 nitrogen and oxygen atoms in total. The summed E-state index contributed by atoms with van der Waals surface area (Å²) >= 11 is 0. The summed E-state index contributed by atoms with van der Waals surface area (Å²) < 4.78 is 0. The van der Waals surface area contributed by atoms with Gasteiger partial charge in [0.2, 0.25) is 0 Å². The van der Waals surface area contributed by atoms with E-state index in [1.54, 1.807) is 6.92 Å². The average Bonchev–Trinajstić information content (AvgIpc) is 2.46.